The predicted octanol–water partition coefficient (Wildman–Crippen LogP) is 2.27. The normalized spacial score (nSPS) is 20.3. The Hall–Kier alpha value is -1.38. The number of aromatic nitrogens is 1. The third-order valence-electron chi connectivity index (χ3n) is 3.36. The standard InChI is InChI=1S/C14H20N2O/c1-12-4-3-9-16(11-12)14(17)7-6-13-5-2-8-15-10-13/h2,5,8,10,12H,3-4,6-7,9,11H2,1H3. The minimum absolute atomic E-state index is 0.292. The highest BCUT2D eigenvalue weighted by Crippen LogP contribution is 2.16. The van der Waals surface area contributed by atoms with Crippen molar-refractivity contribution in [2.45, 2.75) is 32.6 Å². The summed E-state index contributed by atoms with van der Waals surface area (Å²) in [5.74, 6) is 0.950. The minimum atomic E-state index is 0.292. The highest BCUT2D eigenvalue weighted by atomic mass is 16.2. The van der Waals surface area contributed by atoms with E-state index < -0.39 is 0 Å². The molecule has 2 rings (SSSR count). The molecule has 0 N–H and O–H groups in total. The van der Waals surface area contributed by atoms with Crippen LogP contribution in [0.2, 0.25) is 0 Å². The number of carbonyl (C=O) groups is 1. The fraction of sp³-hybridized carbons (Fsp3) is 0.571. The molecule has 1 amide bonds. The van der Waals surface area contributed by atoms with E-state index in [1.165, 1.54) is 6.42 Å². The quantitative estimate of drug-likeness (QED) is 0.801. The highest BCUT2D eigenvalue weighted by molar-refractivity contribution is 5.76. The van der Waals surface area contributed by atoms with Gasteiger partial charge in [-0.1, -0.05) is 13.0 Å². The van der Waals surface area contributed by atoms with Crippen LogP contribution in [0.15, 0.2) is 24.5 Å². The van der Waals surface area contributed by atoms with Gasteiger partial charge in [0.15, 0.2) is 0 Å². The molecule has 1 aliphatic heterocycles. The molecule has 1 aromatic heterocycles. The predicted molar refractivity (Wildman–Crippen MR) is 67.5 cm³/mol. The van der Waals surface area contributed by atoms with Gasteiger partial charge < -0.3 is 4.90 Å². The maximum atomic E-state index is 12.0. The Bertz CT molecular complexity index is 364. The largest absolute Gasteiger partial charge is 0.342 e. The van der Waals surface area contributed by atoms with E-state index in [9.17, 15) is 4.79 Å². The average Bonchev–Trinajstić information content (AvgIpc) is 2.37. The van der Waals surface area contributed by atoms with Gasteiger partial charge in [-0.2, -0.15) is 0 Å². The lowest BCUT2D eigenvalue weighted by Crippen LogP contribution is -2.39. The number of hydrogen-bond donors (Lipinski definition) is 0. The van der Waals surface area contributed by atoms with Gasteiger partial charge in [0.1, 0.15) is 0 Å². The number of hydrogen-bond acceptors (Lipinski definition) is 2. The van der Waals surface area contributed by atoms with Crippen LogP contribution < -0.4 is 0 Å². The Morgan fingerprint density at radius 1 is 1.59 bits per heavy atom. The molecule has 0 aromatic carbocycles. The van der Waals surface area contributed by atoms with Gasteiger partial charge in [0, 0.05) is 31.9 Å². The minimum Gasteiger partial charge on any atom is -0.342 e. The van der Waals surface area contributed by atoms with Crippen LogP contribution in [-0.4, -0.2) is 28.9 Å². The monoisotopic (exact) mass is 232 g/mol. The number of amides is 1. The van der Waals surface area contributed by atoms with Crippen molar-refractivity contribution >= 4 is 5.91 Å². The van der Waals surface area contributed by atoms with Crippen LogP contribution in [0.1, 0.15) is 31.7 Å². The van der Waals surface area contributed by atoms with Crippen molar-refractivity contribution in [1.82, 2.24) is 9.88 Å². The fourth-order valence-corrected chi connectivity index (χ4v) is 2.37. The first-order chi connectivity index (χ1) is 8.25. The number of carbonyl (C=O) groups excluding carboxylic acids is 1. The Kier molecular flexibility index (Phi) is 4.13. The number of nitrogens with zero attached hydrogens (tertiary/aromatic N) is 2. The summed E-state index contributed by atoms with van der Waals surface area (Å²) in [6.07, 6.45) is 7.42. The fourth-order valence-electron chi connectivity index (χ4n) is 2.37. The van der Waals surface area contributed by atoms with E-state index in [-0.39, 0.29) is 0 Å². The second-order valence-corrected chi connectivity index (χ2v) is 4.95. The summed E-state index contributed by atoms with van der Waals surface area (Å²) in [7, 11) is 0. The average molecular weight is 232 g/mol. The third kappa shape index (κ3) is 3.55. The van der Waals surface area contributed by atoms with Crippen molar-refractivity contribution in [3.05, 3.63) is 30.1 Å². The zero-order valence-corrected chi connectivity index (χ0v) is 10.4. The second-order valence-electron chi connectivity index (χ2n) is 4.95. The molecule has 92 valence electrons. The van der Waals surface area contributed by atoms with E-state index in [0.717, 1.165) is 31.5 Å². The molecule has 1 saturated heterocycles. The first-order valence-corrected chi connectivity index (χ1v) is 6.42. The maximum absolute atomic E-state index is 12.0. The Balaban J connectivity index is 1.81. The van der Waals surface area contributed by atoms with Gasteiger partial charge in [0.05, 0.1) is 0 Å². The number of rotatable bonds is 3. The summed E-state index contributed by atoms with van der Waals surface area (Å²) in [5, 5.41) is 0. The zero-order chi connectivity index (χ0) is 12.1. The van der Waals surface area contributed by atoms with Crippen molar-refractivity contribution in [2.75, 3.05) is 13.1 Å². The summed E-state index contributed by atoms with van der Waals surface area (Å²) in [6, 6.07) is 3.95. The summed E-state index contributed by atoms with van der Waals surface area (Å²) in [5.41, 5.74) is 1.14. The van der Waals surface area contributed by atoms with Crippen LogP contribution in [0.5, 0.6) is 0 Å². The van der Waals surface area contributed by atoms with Gasteiger partial charge in [0.2, 0.25) is 5.91 Å². The summed E-state index contributed by atoms with van der Waals surface area (Å²) >= 11 is 0. The van der Waals surface area contributed by atoms with E-state index in [1.54, 1.807) is 6.20 Å². The number of likely N-dealkylation sites (tertiary alicyclic amines) is 1. The molecule has 0 spiro atoms. The molecule has 1 atom stereocenters. The second kappa shape index (κ2) is 5.80. The van der Waals surface area contributed by atoms with Crippen LogP contribution in [0.3, 0.4) is 0 Å². The molecule has 3 nitrogen and oxygen atoms in total. The molecule has 0 bridgehead atoms. The van der Waals surface area contributed by atoms with Crippen LogP contribution in [0.4, 0.5) is 0 Å². The number of piperidine rings is 1. The molecule has 1 fully saturated rings. The Labute approximate surface area is 103 Å². The lowest BCUT2D eigenvalue weighted by atomic mass is 10.00. The maximum Gasteiger partial charge on any atom is 0.222 e. The van der Waals surface area contributed by atoms with Crippen LogP contribution in [-0.2, 0) is 11.2 Å². The van der Waals surface area contributed by atoms with E-state index in [1.807, 2.05) is 23.2 Å². The first kappa shape index (κ1) is 12.1. The highest BCUT2D eigenvalue weighted by Gasteiger charge is 2.20. The molecular formula is C14H20N2O. The van der Waals surface area contributed by atoms with E-state index in [2.05, 4.69) is 11.9 Å². The SMILES string of the molecule is CC1CCCN(C(=O)CCc2cccnc2)C1. The molecular weight excluding hydrogens is 212 g/mol. The molecule has 1 aliphatic rings. The van der Waals surface area contributed by atoms with Gasteiger partial charge in [-0.3, -0.25) is 9.78 Å². The topological polar surface area (TPSA) is 33.2 Å². The number of pyridine rings is 1. The van der Waals surface area contributed by atoms with Gasteiger partial charge in [-0.25, -0.2) is 0 Å². The molecule has 3 heteroatoms. The lowest BCUT2D eigenvalue weighted by molar-refractivity contribution is -0.132. The lowest BCUT2D eigenvalue weighted by Gasteiger charge is -2.31. The van der Waals surface area contributed by atoms with Gasteiger partial charge in [-0.05, 0) is 36.8 Å². The van der Waals surface area contributed by atoms with E-state index in [4.69, 9.17) is 0 Å². The van der Waals surface area contributed by atoms with Crippen LogP contribution in [0.25, 0.3) is 0 Å². The zero-order valence-electron chi connectivity index (χ0n) is 10.4. The molecule has 2 heterocycles. The number of aryl methyl sites for hydroxylation is 1. The van der Waals surface area contributed by atoms with E-state index >= 15 is 0 Å². The van der Waals surface area contributed by atoms with Gasteiger partial charge in [-0.15, -0.1) is 0 Å². The molecule has 1 aromatic rings. The van der Waals surface area contributed by atoms with Crippen molar-refractivity contribution in [3.8, 4) is 0 Å². The van der Waals surface area contributed by atoms with Crippen molar-refractivity contribution in [3.63, 3.8) is 0 Å². The van der Waals surface area contributed by atoms with Crippen LogP contribution >= 0.6 is 0 Å². The van der Waals surface area contributed by atoms with Gasteiger partial charge in [0.25, 0.3) is 0 Å². The van der Waals surface area contributed by atoms with Gasteiger partial charge >= 0.3 is 0 Å². The van der Waals surface area contributed by atoms with Crippen LogP contribution in [0, 0.1) is 5.92 Å². The molecule has 17 heavy (non-hydrogen) atoms. The van der Waals surface area contributed by atoms with Crippen molar-refractivity contribution < 1.29 is 4.79 Å². The first-order valence-electron chi connectivity index (χ1n) is 6.42. The Morgan fingerprint density at radius 2 is 2.47 bits per heavy atom. The molecule has 1 unspecified atom stereocenters. The molecule has 0 saturated carbocycles. The Morgan fingerprint density at radius 3 is 3.18 bits per heavy atom. The third-order valence-corrected chi connectivity index (χ3v) is 3.36. The smallest absolute Gasteiger partial charge is 0.222 e. The van der Waals surface area contributed by atoms with Crippen molar-refractivity contribution in [2.24, 2.45) is 5.92 Å². The summed E-state index contributed by atoms with van der Waals surface area (Å²) < 4.78 is 0. The summed E-state index contributed by atoms with van der Waals surface area (Å²) in [6.45, 7) is 4.10. The molecule has 0 radical (unpaired) electrons. The summed E-state index contributed by atoms with van der Waals surface area (Å²) in [4.78, 5) is 18.1. The molecule has 0 aliphatic carbocycles. The van der Waals surface area contributed by atoms with Crippen molar-refractivity contribution in [1.29, 1.82) is 0 Å². The van der Waals surface area contributed by atoms with E-state index in [0.29, 0.717) is 18.2 Å².